The van der Waals surface area contributed by atoms with Gasteiger partial charge in [0.15, 0.2) is 6.61 Å². The van der Waals surface area contributed by atoms with Crippen molar-refractivity contribution in [3.05, 3.63) is 71.6 Å². The minimum atomic E-state index is -0.978. The third-order valence-electron chi connectivity index (χ3n) is 5.80. The minimum Gasteiger partial charge on any atom is -0.482 e. The van der Waals surface area contributed by atoms with E-state index in [1.165, 1.54) is 25.7 Å². The number of aromatic nitrogens is 1. The Kier molecular flexibility index (Phi) is 6.99. The lowest BCUT2D eigenvalue weighted by Gasteiger charge is -2.21. The molecule has 2 N–H and O–H groups in total. The van der Waals surface area contributed by atoms with Gasteiger partial charge in [0.05, 0.1) is 12.3 Å². The van der Waals surface area contributed by atoms with E-state index in [1.54, 1.807) is 6.20 Å². The van der Waals surface area contributed by atoms with E-state index in [0.29, 0.717) is 18.3 Å². The molecule has 6 heteroatoms. The Balaban J connectivity index is 1.45. The van der Waals surface area contributed by atoms with Gasteiger partial charge >= 0.3 is 5.97 Å². The summed E-state index contributed by atoms with van der Waals surface area (Å²) in [6.07, 6.45) is 14.7. The highest BCUT2D eigenvalue weighted by Gasteiger charge is 2.18. The Bertz CT molecular complexity index is 963. The first-order valence-electron chi connectivity index (χ1n) is 10.9. The summed E-state index contributed by atoms with van der Waals surface area (Å²) >= 11 is 0. The summed E-state index contributed by atoms with van der Waals surface area (Å²) in [5, 5.41) is 8.92. The molecule has 0 bridgehead atoms. The smallest absolute Gasteiger partial charge is 0.341 e. The van der Waals surface area contributed by atoms with Crippen LogP contribution in [0.3, 0.4) is 0 Å². The number of hydrogen-bond acceptors (Lipinski definition) is 5. The number of nitrogens with one attached hydrogen (secondary N) is 1. The molecule has 0 amide bonds. The first-order chi connectivity index (χ1) is 15.2. The van der Waals surface area contributed by atoms with Crippen LogP contribution in [-0.2, 0) is 16.1 Å². The molecule has 1 fully saturated rings. The predicted octanol–water partition coefficient (Wildman–Crippen LogP) is 4.63. The molecule has 0 atom stereocenters. The number of carboxylic acid groups (broad SMARTS) is 1. The Labute approximate surface area is 182 Å². The Morgan fingerprint density at radius 1 is 1.23 bits per heavy atom. The molecule has 2 aliphatic carbocycles. The molecule has 31 heavy (non-hydrogen) atoms. The van der Waals surface area contributed by atoms with Crippen molar-refractivity contribution in [1.29, 1.82) is 0 Å². The maximum atomic E-state index is 10.9. The largest absolute Gasteiger partial charge is 0.482 e. The van der Waals surface area contributed by atoms with Crippen molar-refractivity contribution in [3.8, 4) is 5.75 Å². The average Bonchev–Trinajstić information content (AvgIpc) is 3.31. The fourth-order valence-corrected chi connectivity index (χ4v) is 4.30. The van der Waals surface area contributed by atoms with Gasteiger partial charge in [0, 0.05) is 23.5 Å². The van der Waals surface area contributed by atoms with Gasteiger partial charge in [-0.1, -0.05) is 37.1 Å². The van der Waals surface area contributed by atoms with E-state index < -0.39 is 5.97 Å². The zero-order valence-electron chi connectivity index (χ0n) is 17.5. The lowest BCUT2D eigenvalue weighted by Crippen LogP contribution is -2.17. The maximum absolute atomic E-state index is 10.9. The first kappa shape index (κ1) is 21.1. The number of aliphatic carboxylic acids is 1. The number of carbonyl (C=O) groups is 1. The van der Waals surface area contributed by atoms with Crippen molar-refractivity contribution in [1.82, 2.24) is 10.5 Å². The quantitative estimate of drug-likeness (QED) is 0.576. The van der Waals surface area contributed by atoms with Gasteiger partial charge in [-0.25, -0.2) is 4.79 Å². The van der Waals surface area contributed by atoms with Gasteiger partial charge in [0.2, 0.25) is 0 Å². The second kappa shape index (κ2) is 10.3. The second-order valence-corrected chi connectivity index (χ2v) is 7.99. The van der Waals surface area contributed by atoms with Crippen molar-refractivity contribution in [3.63, 3.8) is 0 Å². The van der Waals surface area contributed by atoms with Crippen LogP contribution in [0.2, 0.25) is 0 Å². The number of allylic oxidation sites excluding steroid dienone is 2. The van der Waals surface area contributed by atoms with E-state index in [9.17, 15) is 4.79 Å². The topological polar surface area (TPSA) is 80.7 Å². The number of fused-ring (bicyclic) bond motifs is 1. The van der Waals surface area contributed by atoms with Crippen LogP contribution in [0.5, 0.6) is 5.75 Å². The number of hydroxylamine groups is 1. The number of ether oxygens (including phenoxy) is 1. The molecular formula is C25H28N2O4. The molecule has 2 aromatic rings. The highest BCUT2D eigenvalue weighted by molar-refractivity contribution is 5.73. The van der Waals surface area contributed by atoms with E-state index in [1.807, 2.05) is 36.5 Å². The number of benzene rings is 1. The Morgan fingerprint density at radius 2 is 2.10 bits per heavy atom. The van der Waals surface area contributed by atoms with Crippen LogP contribution in [-0.4, -0.2) is 29.3 Å². The number of nitrogens with zero attached hydrogens (tertiary/aromatic N) is 1. The van der Waals surface area contributed by atoms with Crippen molar-refractivity contribution in [2.75, 3.05) is 13.2 Å². The molecule has 162 valence electrons. The molecule has 6 nitrogen and oxygen atoms in total. The molecule has 0 saturated heterocycles. The zero-order chi connectivity index (χ0) is 21.5. The van der Waals surface area contributed by atoms with Gasteiger partial charge in [-0.05, 0) is 60.9 Å². The molecule has 4 rings (SSSR count). The molecule has 1 heterocycles. The summed E-state index contributed by atoms with van der Waals surface area (Å²) in [6, 6.07) is 9.72. The highest BCUT2D eigenvalue weighted by atomic mass is 16.6. The van der Waals surface area contributed by atoms with Gasteiger partial charge in [0.25, 0.3) is 0 Å². The van der Waals surface area contributed by atoms with Crippen LogP contribution in [0.15, 0.2) is 54.9 Å². The summed E-state index contributed by atoms with van der Waals surface area (Å²) in [6.45, 7) is 0.0612. The summed E-state index contributed by atoms with van der Waals surface area (Å²) in [7, 11) is 0. The molecule has 1 saturated carbocycles. The Morgan fingerprint density at radius 3 is 2.87 bits per heavy atom. The summed E-state index contributed by atoms with van der Waals surface area (Å²) in [5.74, 6) is 0.221. The van der Waals surface area contributed by atoms with Gasteiger partial charge in [-0.2, -0.15) is 0 Å². The molecule has 1 aromatic carbocycles. The number of hydrogen-bond donors (Lipinski definition) is 2. The average molecular weight is 421 g/mol. The van der Waals surface area contributed by atoms with Gasteiger partial charge in [-0.3, -0.25) is 15.3 Å². The minimum absolute atomic E-state index is 0.339. The van der Waals surface area contributed by atoms with Crippen LogP contribution in [0.1, 0.15) is 48.8 Å². The molecule has 0 aliphatic heterocycles. The molecular weight excluding hydrogens is 392 g/mol. The third kappa shape index (κ3) is 5.52. The summed E-state index contributed by atoms with van der Waals surface area (Å²) < 4.78 is 5.49. The fraction of sp³-hybridized carbons (Fsp3) is 0.360. The maximum Gasteiger partial charge on any atom is 0.341 e. The lowest BCUT2D eigenvalue weighted by atomic mass is 9.90. The first-order valence-corrected chi connectivity index (χ1v) is 10.9. The van der Waals surface area contributed by atoms with Crippen molar-refractivity contribution in [2.24, 2.45) is 5.92 Å². The second-order valence-electron chi connectivity index (χ2n) is 7.99. The third-order valence-corrected chi connectivity index (χ3v) is 5.80. The van der Waals surface area contributed by atoms with Gasteiger partial charge in [0.1, 0.15) is 5.75 Å². The van der Waals surface area contributed by atoms with Crippen molar-refractivity contribution in [2.45, 2.75) is 38.5 Å². The van der Waals surface area contributed by atoms with Crippen LogP contribution in [0.25, 0.3) is 11.3 Å². The van der Waals surface area contributed by atoms with E-state index in [4.69, 9.17) is 14.7 Å². The number of rotatable bonds is 9. The molecule has 0 unspecified atom stereocenters. The Hall–Kier alpha value is -3.12. The van der Waals surface area contributed by atoms with Crippen LogP contribution < -0.4 is 10.2 Å². The SMILES string of the molecule is O=C(O)COc1cccc2c1CCC=C2CONC(=CC1CCCC1)c1cccnc1. The normalized spacial score (nSPS) is 16.5. The highest BCUT2D eigenvalue weighted by Crippen LogP contribution is 2.33. The van der Waals surface area contributed by atoms with E-state index in [2.05, 4.69) is 22.6 Å². The van der Waals surface area contributed by atoms with Gasteiger partial charge < -0.3 is 9.84 Å². The standard InChI is InChI=1S/C25H28N2O4/c28-25(29)17-30-24-12-4-10-21-20(8-3-11-22(21)24)16-31-27-23(14-18-6-1-2-7-18)19-9-5-13-26-15-19/h4-5,8-10,12-15,18,27H,1-3,6-7,11,16-17H2,(H,28,29). The molecule has 0 spiro atoms. The fourth-order valence-electron chi connectivity index (χ4n) is 4.30. The predicted molar refractivity (Wildman–Crippen MR) is 119 cm³/mol. The van der Waals surface area contributed by atoms with Crippen LogP contribution >= 0.6 is 0 Å². The van der Waals surface area contributed by atoms with E-state index >= 15 is 0 Å². The van der Waals surface area contributed by atoms with E-state index in [-0.39, 0.29) is 6.61 Å². The molecule has 1 aromatic heterocycles. The van der Waals surface area contributed by atoms with Crippen LogP contribution in [0.4, 0.5) is 0 Å². The summed E-state index contributed by atoms with van der Waals surface area (Å²) in [5.41, 5.74) is 8.30. The zero-order valence-corrected chi connectivity index (χ0v) is 17.5. The summed E-state index contributed by atoms with van der Waals surface area (Å²) in [4.78, 5) is 21.1. The van der Waals surface area contributed by atoms with Crippen LogP contribution in [0, 0.1) is 5.92 Å². The van der Waals surface area contributed by atoms with E-state index in [0.717, 1.165) is 40.8 Å². The van der Waals surface area contributed by atoms with Crippen molar-refractivity contribution >= 4 is 17.2 Å². The molecule has 2 aliphatic rings. The number of pyridine rings is 1. The molecule has 0 radical (unpaired) electrons. The monoisotopic (exact) mass is 420 g/mol. The lowest BCUT2D eigenvalue weighted by molar-refractivity contribution is -0.139. The van der Waals surface area contributed by atoms with Crippen molar-refractivity contribution < 1.29 is 19.5 Å². The van der Waals surface area contributed by atoms with Gasteiger partial charge in [-0.15, -0.1) is 0 Å². The number of carboxylic acids is 1.